The number of halogens is 2. The molecule has 62 heavy (non-hydrogen) atoms. The summed E-state index contributed by atoms with van der Waals surface area (Å²) in [6, 6.07) is 0. The number of hydrogen-bond donors (Lipinski definition) is 2. The van der Waals surface area contributed by atoms with Crippen LogP contribution in [0.5, 0.6) is 0 Å². The van der Waals surface area contributed by atoms with Crippen LogP contribution in [-0.2, 0) is 23.9 Å². The molecule has 2 aliphatic heterocycles. The fourth-order valence-electron chi connectivity index (χ4n) is 5.68. The first kappa shape index (κ1) is 57.0. The second-order valence-corrected chi connectivity index (χ2v) is 16.4. The number of Topliss-reactive ketones (excluding diaryl/α,β-unsaturated/α-hetero) is 2. The smallest absolute Gasteiger partial charge is 0.421 e. The highest BCUT2D eigenvalue weighted by Crippen LogP contribution is 2.17. The van der Waals surface area contributed by atoms with E-state index in [1.165, 1.54) is 45.4 Å². The highest BCUT2D eigenvalue weighted by Gasteiger charge is 2.30. The summed E-state index contributed by atoms with van der Waals surface area (Å²) in [5.41, 5.74) is 10.9. The van der Waals surface area contributed by atoms with Gasteiger partial charge in [0.2, 0.25) is 23.4 Å². The second kappa shape index (κ2) is 33.6. The minimum Gasteiger partial charge on any atom is -0.445 e. The number of carbonyl (C=O) groups excluding carboxylic acids is 5. The Labute approximate surface area is 370 Å². The summed E-state index contributed by atoms with van der Waals surface area (Å²) in [5, 5.41) is 10.9. The first-order valence-electron chi connectivity index (χ1n) is 21.6. The number of carbonyl (C=O) groups is 5. The maximum Gasteiger partial charge on any atom is 0.421 e. The average molecular weight is 865 g/mol. The fourth-order valence-corrected chi connectivity index (χ4v) is 5.68. The van der Waals surface area contributed by atoms with Crippen molar-refractivity contribution in [1.29, 1.82) is 0 Å². The maximum absolute atomic E-state index is 13.3. The van der Waals surface area contributed by atoms with Crippen LogP contribution in [0, 0.1) is 0 Å². The third-order valence-electron chi connectivity index (χ3n) is 9.62. The van der Waals surface area contributed by atoms with E-state index in [2.05, 4.69) is 104 Å². The number of rotatable bonds is 21. The Kier molecular flexibility index (Phi) is 30.9. The molecular weight excluding hydrogens is 791 g/mol. The summed E-state index contributed by atoms with van der Waals surface area (Å²) in [6.45, 7) is 21.5. The Morgan fingerprint density at radius 1 is 0.581 bits per heavy atom. The van der Waals surface area contributed by atoms with Gasteiger partial charge in [0.05, 0.1) is 25.6 Å². The predicted molar refractivity (Wildman–Crippen MR) is 248 cm³/mol. The number of nitrogens with zero attached hydrogens (tertiary/aromatic N) is 1. The molecule has 0 radical (unpaired) electrons. The van der Waals surface area contributed by atoms with Gasteiger partial charge in [-0.15, -0.1) is 0 Å². The summed E-state index contributed by atoms with van der Waals surface area (Å²) >= 11 is 0. The molecule has 0 spiro atoms. The zero-order valence-corrected chi connectivity index (χ0v) is 39.2. The molecule has 0 atom stereocenters. The molecule has 2 heterocycles. The molecule has 2 N–H and O–H groups in total. The molecule has 0 unspecified atom stereocenters. The van der Waals surface area contributed by atoms with Crippen molar-refractivity contribution in [2.24, 2.45) is 0 Å². The van der Waals surface area contributed by atoms with E-state index in [4.69, 9.17) is 9.84 Å². The Bertz CT molecular complexity index is 1810. The molecule has 0 fully saturated rings. The summed E-state index contributed by atoms with van der Waals surface area (Å²) in [7, 11) is 0. The number of imide groups is 1. The molecule has 0 saturated carbocycles. The lowest BCUT2D eigenvalue weighted by molar-refractivity contribution is -0.133. The Hall–Kier alpha value is -5.03. The molecule has 9 nitrogen and oxygen atoms in total. The second-order valence-electron chi connectivity index (χ2n) is 16.4. The van der Waals surface area contributed by atoms with E-state index in [0.717, 1.165) is 82.4 Å². The highest BCUT2D eigenvalue weighted by molar-refractivity contribution is 6.12. The predicted octanol–water partition coefficient (Wildman–Crippen LogP) is 12.9. The third kappa shape index (κ3) is 30.1. The first-order valence-corrected chi connectivity index (χ1v) is 21.6. The van der Waals surface area contributed by atoms with Gasteiger partial charge in [0.25, 0.3) is 0 Å². The van der Waals surface area contributed by atoms with Crippen LogP contribution >= 0.6 is 0 Å². The summed E-state index contributed by atoms with van der Waals surface area (Å²) in [6.07, 6.45) is 29.6. The lowest BCUT2D eigenvalue weighted by atomic mass is 10.0. The van der Waals surface area contributed by atoms with Crippen LogP contribution in [0.2, 0.25) is 0 Å². The molecule has 0 aromatic carbocycles. The van der Waals surface area contributed by atoms with Crippen molar-refractivity contribution >= 4 is 29.5 Å². The zero-order valence-electron chi connectivity index (χ0n) is 39.2. The van der Waals surface area contributed by atoms with Gasteiger partial charge in [0.1, 0.15) is 6.61 Å². The topological polar surface area (TPSA) is 130 Å². The Morgan fingerprint density at radius 3 is 1.32 bits per heavy atom. The van der Waals surface area contributed by atoms with Gasteiger partial charge >= 0.3 is 6.09 Å². The average Bonchev–Trinajstić information content (AvgIpc) is 3.18. The van der Waals surface area contributed by atoms with Crippen molar-refractivity contribution in [3.8, 4) is 0 Å². The van der Waals surface area contributed by atoms with E-state index in [-0.39, 0.29) is 19.6 Å². The first-order chi connectivity index (χ1) is 29.2. The molecule has 0 aliphatic carbocycles. The minimum atomic E-state index is -1.12. The highest BCUT2D eigenvalue weighted by atomic mass is 19.1. The normalized spacial score (nSPS) is 15.4. The third-order valence-corrected chi connectivity index (χ3v) is 9.62. The molecule has 2 aliphatic rings. The fraction of sp³-hybridized carbons (Fsp3) is 0.510. The van der Waals surface area contributed by atoms with Crippen LogP contribution in [-0.4, -0.2) is 52.7 Å². The number of ether oxygens (including phenoxy) is 1. The standard InChI is InChI=1S/C26H36FNO4.C20H34O.C5H4FNO2/c1-19(2)9-6-10-20(3)11-7-12-21(4)13-8-14-22(5)15-16-32-26(31)28-18-23(27)24(29)17-25(28)30;1-17(2)9-6-10-18(3)11-7-12-19(4)13-8-14-20(5)15-16-21;6-3-2-7-5(9)1-4(3)8/h9,11,13,15,18H,6-8,10,12,14,16-17H2,1-5H3;9,11,13,15,21H,6-8,10,12,14,16H2,1-5H3;2H,1H2,(H,7,9)/b20-11+,21-13+,22-15+;18-11+,19-13+,20-15+;. The van der Waals surface area contributed by atoms with Crippen LogP contribution in [0.25, 0.3) is 0 Å². The van der Waals surface area contributed by atoms with Crippen LogP contribution in [0.15, 0.2) is 117 Å². The monoisotopic (exact) mass is 865 g/mol. The molecule has 2 rings (SSSR count). The van der Waals surface area contributed by atoms with Gasteiger partial charge in [-0.1, -0.05) is 87.1 Å². The Balaban J connectivity index is 0.00000105. The Morgan fingerprint density at radius 2 is 0.952 bits per heavy atom. The van der Waals surface area contributed by atoms with Gasteiger partial charge in [-0.2, -0.15) is 0 Å². The number of aliphatic hydroxyl groups excluding tert-OH is 1. The van der Waals surface area contributed by atoms with Gasteiger partial charge < -0.3 is 15.2 Å². The lowest BCUT2D eigenvalue weighted by Gasteiger charge is -2.18. The number of aliphatic hydroxyl groups is 1. The van der Waals surface area contributed by atoms with E-state index in [9.17, 15) is 32.8 Å². The van der Waals surface area contributed by atoms with Gasteiger partial charge in [-0.05, 0) is 152 Å². The van der Waals surface area contributed by atoms with Gasteiger partial charge in [-0.3, -0.25) is 19.2 Å². The van der Waals surface area contributed by atoms with E-state index >= 15 is 0 Å². The summed E-state index contributed by atoms with van der Waals surface area (Å²) in [5.74, 6) is -4.93. The van der Waals surface area contributed by atoms with E-state index in [1.807, 2.05) is 13.0 Å². The van der Waals surface area contributed by atoms with Crippen molar-refractivity contribution in [3.05, 3.63) is 117 Å². The van der Waals surface area contributed by atoms with Gasteiger partial charge in [0.15, 0.2) is 11.7 Å². The SMILES string of the molecule is CC(C)=CCC/C(C)=C/CC/C(C)=C/CC/C(C)=C/CO.CC(C)=CCC/C(C)=C/CC/C(C)=C/CC/C(C)=C/COC(=O)N1C=C(F)C(=O)CC1=O.O=C1CC(=O)C(F)=CN1. The zero-order chi connectivity index (χ0) is 47.0. The number of allylic oxidation sites excluding steroid dienone is 16. The van der Waals surface area contributed by atoms with Crippen LogP contribution in [0.3, 0.4) is 0 Å². The molecule has 0 aromatic rings. The van der Waals surface area contributed by atoms with Crippen LogP contribution in [0.4, 0.5) is 13.6 Å². The molecule has 11 heteroatoms. The molecule has 0 bridgehead atoms. The molecule has 0 aromatic heterocycles. The lowest BCUT2D eigenvalue weighted by Crippen LogP contribution is -2.37. The quantitative estimate of drug-likeness (QED) is 0.0868. The van der Waals surface area contributed by atoms with E-state index < -0.39 is 47.5 Å². The maximum atomic E-state index is 13.3. The van der Waals surface area contributed by atoms with Crippen LogP contribution < -0.4 is 5.32 Å². The molecular formula is C51H74F2N2O7. The number of ketones is 2. The largest absolute Gasteiger partial charge is 0.445 e. The van der Waals surface area contributed by atoms with Crippen LogP contribution in [0.1, 0.15) is 159 Å². The van der Waals surface area contributed by atoms with Gasteiger partial charge in [-0.25, -0.2) is 18.5 Å². The molecule has 0 saturated heterocycles. The summed E-state index contributed by atoms with van der Waals surface area (Å²) in [4.78, 5) is 55.7. The number of amides is 3. The number of nitrogens with one attached hydrogen (secondary N) is 1. The van der Waals surface area contributed by atoms with E-state index in [0.29, 0.717) is 11.1 Å². The van der Waals surface area contributed by atoms with E-state index in [1.54, 1.807) is 6.08 Å². The minimum absolute atomic E-state index is 0.0165. The van der Waals surface area contributed by atoms with Crippen molar-refractivity contribution in [3.63, 3.8) is 0 Å². The van der Waals surface area contributed by atoms with Crippen molar-refractivity contribution in [1.82, 2.24) is 10.2 Å². The summed E-state index contributed by atoms with van der Waals surface area (Å²) < 4.78 is 30.3. The molecule has 344 valence electrons. The number of hydrogen-bond acceptors (Lipinski definition) is 7. The van der Waals surface area contributed by atoms with Crippen molar-refractivity contribution in [2.75, 3.05) is 13.2 Å². The van der Waals surface area contributed by atoms with Gasteiger partial charge in [0, 0.05) is 6.20 Å². The van der Waals surface area contributed by atoms with Crippen molar-refractivity contribution < 1.29 is 42.6 Å². The van der Waals surface area contributed by atoms with Crippen molar-refractivity contribution in [2.45, 2.75) is 159 Å². The molecule has 3 amide bonds.